The Kier molecular flexibility index (Phi) is 5.28. The molecule has 2 atom stereocenters. The van der Waals surface area contributed by atoms with Gasteiger partial charge in [0.2, 0.25) is 5.54 Å². The second kappa shape index (κ2) is 8.34. The summed E-state index contributed by atoms with van der Waals surface area (Å²) < 4.78 is 1.82. The molecule has 8 heteroatoms. The topological polar surface area (TPSA) is 61.8 Å². The summed E-state index contributed by atoms with van der Waals surface area (Å²) in [5.41, 5.74) is 2.77. The zero-order valence-corrected chi connectivity index (χ0v) is 20.2. The molecular weight excluding hydrogens is 486 g/mol. The van der Waals surface area contributed by atoms with Crippen LogP contribution in [-0.2, 0) is 15.1 Å². The third-order valence-electron chi connectivity index (χ3n) is 6.13. The minimum absolute atomic E-state index is 0.0620. The number of rotatable bonds is 2. The van der Waals surface area contributed by atoms with Crippen LogP contribution >= 0.6 is 35.3 Å². The van der Waals surface area contributed by atoms with E-state index in [9.17, 15) is 9.59 Å². The van der Waals surface area contributed by atoms with Crippen molar-refractivity contribution in [1.29, 1.82) is 0 Å². The van der Waals surface area contributed by atoms with Gasteiger partial charge in [-0.1, -0.05) is 84.0 Å². The van der Waals surface area contributed by atoms with Crippen LogP contribution in [0.1, 0.15) is 21.9 Å². The number of halogens is 1. The van der Waals surface area contributed by atoms with Gasteiger partial charge in [0.25, 0.3) is 5.91 Å². The maximum Gasteiger partial charge on any atom is 0.263 e. The quantitative estimate of drug-likeness (QED) is 0.348. The lowest BCUT2D eigenvalue weighted by Crippen LogP contribution is -2.51. The fraction of sp³-hybridized carbons (Fsp3) is 0.115. The minimum Gasteiger partial charge on any atom is -0.323 e. The number of fused-ring (bicyclic) bond motifs is 2. The average Bonchev–Trinajstić information content (AvgIpc) is 3.37. The highest BCUT2D eigenvalue weighted by atomic mass is 35.5. The van der Waals surface area contributed by atoms with Crippen LogP contribution in [-0.4, -0.2) is 26.9 Å². The van der Waals surface area contributed by atoms with Gasteiger partial charge in [0.15, 0.2) is 11.0 Å². The maximum atomic E-state index is 13.4. The van der Waals surface area contributed by atoms with E-state index >= 15 is 0 Å². The number of nitrogens with zero attached hydrogens (tertiary/aromatic N) is 2. The summed E-state index contributed by atoms with van der Waals surface area (Å²) in [4.78, 5) is 31.7. The molecule has 2 unspecified atom stereocenters. The number of benzene rings is 3. The number of Topliss-reactive ketones (excluding diaryl/α,β-unsaturated/α-hetero) is 1. The van der Waals surface area contributed by atoms with Crippen LogP contribution in [0.5, 0.6) is 0 Å². The average molecular weight is 504 g/mol. The van der Waals surface area contributed by atoms with Gasteiger partial charge in [-0.05, 0) is 47.3 Å². The number of amidine groups is 1. The largest absolute Gasteiger partial charge is 0.323 e. The molecule has 0 saturated carbocycles. The Bertz CT molecular complexity index is 1370. The standard InChI is InChI=1S/C26H18ClN3O2S2/c27-18-12-10-17(11-13-18)22-14-21(16-6-2-1-3-7-16)29-25(34-22)30-26(23(31)15-33-30)19-8-4-5-9-20(19)28-24(26)32/h1-14,22H,15H2,(H,28,32). The Labute approximate surface area is 210 Å². The maximum absolute atomic E-state index is 13.4. The fourth-order valence-corrected chi connectivity index (χ4v) is 7.09. The zero-order chi connectivity index (χ0) is 23.3. The van der Waals surface area contributed by atoms with Crippen molar-refractivity contribution in [2.75, 3.05) is 11.1 Å². The van der Waals surface area contributed by atoms with Gasteiger partial charge in [0.05, 0.1) is 16.7 Å². The van der Waals surface area contributed by atoms with Gasteiger partial charge >= 0.3 is 0 Å². The molecule has 0 radical (unpaired) electrons. The summed E-state index contributed by atoms with van der Waals surface area (Å²) in [7, 11) is 0. The third kappa shape index (κ3) is 3.30. The molecule has 1 N–H and O–H groups in total. The molecule has 3 aromatic carbocycles. The van der Waals surface area contributed by atoms with E-state index in [-0.39, 0.29) is 22.7 Å². The van der Waals surface area contributed by atoms with Crippen molar-refractivity contribution in [3.05, 3.63) is 107 Å². The highest BCUT2D eigenvalue weighted by molar-refractivity contribution is 8.15. The summed E-state index contributed by atoms with van der Waals surface area (Å²) >= 11 is 9.00. The van der Waals surface area contributed by atoms with Crippen LogP contribution < -0.4 is 5.32 Å². The van der Waals surface area contributed by atoms with E-state index in [1.165, 1.54) is 23.7 Å². The molecule has 3 aromatic rings. The Hall–Kier alpha value is -3.00. The summed E-state index contributed by atoms with van der Waals surface area (Å²) in [6.07, 6.45) is 2.12. The monoisotopic (exact) mass is 503 g/mol. The second-order valence-corrected chi connectivity index (χ2v) is 10.6. The molecule has 1 amide bonds. The number of thioether (sulfide) groups is 1. The number of nitrogens with one attached hydrogen (secondary N) is 1. The molecule has 0 bridgehead atoms. The van der Waals surface area contributed by atoms with Crippen molar-refractivity contribution in [1.82, 2.24) is 4.31 Å². The van der Waals surface area contributed by atoms with Gasteiger partial charge in [0.1, 0.15) is 0 Å². The Balaban J connectivity index is 1.49. The number of carbonyl (C=O) groups excluding carboxylic acids is 2. The lowest BCUT2D eigenvalue weighted by atomic mass is 9.87. The molecule has 3 aliphatic rings. The number of ketones is 1. The summed E-state index contributed by atoms with van der Waals surface area (Å²) in [5, 5.41) is 4.15. The third-order valence-corrected chi connectivity index (χ3v) is 8.74. The Morgan fingerprint density at radius 2 is 1.71 bits per heavy atom. The molecule has 0 aromatic heterocycles. The molecule has 5 nitrogen and oxygen atoms in total. The molecule has 1 spiro atoms. The Morgan fingerprint density at radius 3 is 2.50 bits per heavy atom. The normalized spacial score (nSPS) is 23.6. The minimum atomic E-state index is -1.42. The van der Waals surface area contributed by atoms with E-state index in [1.807, 2.05) is 83.2 Å². The van der Waals surface area contributed by atoms with Crippen molar-refractivity contribution in [3.8, 4) is 0 Å². The van der Waals surface area contributed by atoms with Crippen LogP contribution in [0.4, 0.5) is 5.69 Å². The predicted molar refractivity (Wildman–Crippen MR) is 140 cm³/mol. The summed E-state index contributed by atoms with van der Waals surface area (Å²) in [6, 6.07) is 25.1. The van der Waals surface area contributed by atoms with Crippen molar-refractivity contribution < 1.29 is 9.59 Å². The van der Waals surface area contributed by atoms with E-state index in [4.69, 9.17) is 16.6 Å². The highest BCUT2D eigenvalue weighted by Gasteiger charge is 2.62. The highest BCUT2D eigenvalue weighted by Crippen LogP contribution is 2.52. The van der Waals surface area contributed by atoms with Gasteiger partial charge in [-0.25, -0.2) is 4.99 Å². The Morgan fingerprint density at radius 1 is 0.971 bits per heavy atom. The van der Waals surface area contributed by atoms with Crippen molar-refractivity contribution in [3.63, 3.8) is 0 Å². The molecular formula is C26H18ClN3O2S2. The van der Waals surface area contributed by atoms with Crippen molar-refractivity contribution in [2.24, 2.45) is 4.99 Å². The van der Waals surface area contributed by atoms with Crippen molar-refractivity contribution >= 4 is 63.6 Å². The van der Waals surface area contributed by atoms with E-state index < -0.39 is 5.54 Å². The molecule has 168 valence electrons. The number of amides is 1. The van der Waals surface area contributed by atoms with Gasteiger partial charge in [-0.3, -0.25) is 13.9 Å². The molecule has 6 rings (SSSR count). The number of hydrogen-bond donors (Lipinski definition) is 1. The van der Waals surface area contributed by atoms with E-state index in [2.05, 4.69) is 11.4 Å². The van der Waals surface area contributed by atoms with Gasteiger partial charge < -0.3 is 5.32 Å². The van der Waals surface area contributed by atoms with Crippen LogP contribution in [0.25, 0.3) is 5.70 Å². The number of para-hydroxylation sites is 1. The fourth-order valence-electron chi connectivity index (χ4n) is 4.49. The number of aliphatic imine (C=N–C) groups is 1. The van der Waals surface area contributed by atoms with E-state index in [0.717, 1.165) is 16.8 Å². The first-order chi connectivity index (χ1) is 16.6. The first-order valence-corrected chi connectivity index (χ1v) is 12.9. The van der Waals surface area contributed by atoms with Gasteiger partial charge in [-0.15, -0.1) is 0 Å². The molecule has 3 heterocycles. The summed E-state index contributed by atoms with van der Waals surface area (Å²) in [5.74, 6) is -0.259. The molecule has 1 fully saturated rings. The van der Waals surface area contributed by atoms with Gasteiger partial charge in [-0.2, -0.15) is 0 Å². The van der Waals surface area contributed by atoms with Gasteiger partial charge in [0, 0.05) is 16.3 Å². The van der Waals surface area contributed by atoms with E-state index in [0.29, 0.717) is 21.4 Å². The van der Waals surface area contributed by atoms with Crippen molar-refractivity contribution in [2.45, 2.75) is 10.8 Å². The molecule has 0 aliphatic carbocycles. The van der Waals surface area contributed by atoms with Crippen LogP contribution in [0, 0.1) is 0 Å². The zero-order valence-electron chi connectivity index (χ0n) is 17.8. The SMILES string of the molecule is O=C1CSN(C2=NC(c3ccccc3)=CC(c3ccc(Cl)cc3)S2)C12C(=O)Nc1ccccc12. The molecule has 3 aliphatic heterocycles. The first-order valence-electron chi connectivity index (χ1n) is 10.7. The molecule has 34 heavy (non-hydrogen) atoms. The lowest BCUT2D eigenvalue weighted by Gasteiger charge is -2.34. The molecule has 1 saturated heterocycles. The lowest BCUT2D eigenvalue weighted by molar-refractivity contribution is -0.133. The van der Waals surface area contributed by atoms with Crippen LogP contribution in [0.3, 0.4) is 0 Å². The number of carbonyl (C=O) groups is 2. The predicted octanol–water partition coefficient (Wildman–Crippen LogP) is 5.91. The summed E-state index contributed by atoms with van der Waals surface area (Å²) in [6.45, 7) is 0. The smallest absolute Gasteiger partial charge is 0.263 e. The first kappa shape index (κ1) is 21.5. The van der Waals surface area contributed by atoms with Crippen LogP contribution in [0.2, 0.25) is 5.02 Å². The second-order valence-electron chi connectivity index (χ2n) is 8.10. The van der Waals surface area contributed by atoms with E-state index in [1.54, 1.807) is 0 Å². The van der Waals surface area contributed by atoms with Crippen LogP contribution in [0.15, 0.2) is 89.9 Å². The number of anilines is 1. The number of hydrogen-bond acceptors (Lipinski definition) is 6.